The number of allylic oxidation sites excluding steroid dienone is 24. The first-order chi connectivity index (χ1) is 31.6. The van der Waals surface area contributed by atoms with E-state index < -0.39 is 6.10 Å². The highest BCUT2D eigenvalue weighted by molar-refractivity contribution is 5.71. The fourth-order valence-corrected chi connectivity index (χ4v) is 6.02. The van der Waals surface area contributed by atoms with E-state index in [9.17, 15) is 9.59 Å². The number of carbonyl (C=O) groups is 2. The standard InChI is InChI=1S/C59H90O5/c1-4-7-10-13-16-19-22-25-28-30-32-34-37-40-43-46-49-52-58(60)63-56-57(55-62-54-51-48-45-42-39-36-33-29-26-23-20-17-14-11-8-5-2)64-59(61)53-50-47-44-41-38-35-31-27-24-21-18-15-12-9-6-3/h7-12,16-21,25-29,31,36,38-39,41,45,47-48,50,57H,4-6,13-15,22-24,30,32-35,37,40,42-44,46,49,51-56H2,1-3H3/b10-7-,11-8-,12-9-,19-16-,20-17-,21-18-,28-25-,29-26-,31-27-,39-36-,41-38-,48-45-,50-47-. The van der Waals surface area contributed by atoms with Crippen LogP contribution >= 0.6 is 0 Å². The summed E-state index contributed by atoms with van der Waals surface area (Å²) in [5, 5.41) is 0. The molecule has 0 aliphatic heterocycles. The molecule has 0 bridgehead atoms. The second kappa shape index (κ2) is 52.9. The van der Waals surface area contributed by atoms with Crippen LogP contribution in [0.25, 0.3) is 0 Å². The Morgan fingerprint density at radius 2 is 0.703 bits per heavy atom. The predicted molar refractivity (Wildman–Crippen MR) is 278 cm³/mol. The molecule has 0 aromatic heterocycles. The zero-order valence-corrected chi connectivity index (χ0v) is 40.7. The fraction of sp³-hybridized carbons (Fsp3) is 0.525. The summed E-state index contributed by atoms with van der Waals surface area (Å²) in [6.07, 6.45) is 78.7. The Balaban J connectivity index is 4.56. The summed E-state index contributed by atoms with van der Waals surface area (Å²) in [6, 6.07) is 0. The first kappa shape index (κ1) is 59.5. The molecule has 0 saturated carbocycles. The summed E-state index contributed by atoms with van der Waals surface area (Å²) in [6.45, 7) is 7.13. The molecule has 64 heavy (non-hydrogen) atoms. The van der Waals surface area contributed by atoms with Crippen molar-refractivity contribution in [1.82, 2.24) is 0 Å². The third-order valence-electron chi connectivity index (χ3n) is 9.59. The molecule has 0 saturated heterocycles. The lowest BCUT2D eigenvalue weighted by Crippen LogP contribution is -2.29. The van der Waals surface area contributed by atoms with Crippen LogP contribution in [0.15, 0.2) is 158 Å². The molecule has 5 nitrogen and oxygen atoms in total. The lowest BCUT2D eigenvalue weighted by Gasteiger charge is -2.18. The Hall–Kier alpha value is -4.48. The molecule has 0 aromatic carbocycles. The summed E-state index contributed by atoms with van der Waals surface area (Å²) >= 11 is 0. The Morgan fingerprint density at radius 1 is 0.359 bits per heavy atom. The number of esters is 2. The monoisotopic (exact) mass is 879 g/mol. The predicted octanol–water partition coefficient (Wildman–Crippen LogP) is 17.1. The average Bonchev–Trinajstić information content (AvgIpc) is 3.30. The van der Waals surface area contributed by atoms with Crippen LogP contribution in [0.5, 0.6) is 0 Å². The van der Waals surface area contributed by atoms with E-state index in [-0.39, 0.29) is 31.6 Å². The highest BCUT2D eigenvalue weighted by atomic mass is 16.6. The van der Waals surface area contributed by atoms with E-state index in [0.29, 0.717) is 13.0 Å². The summed E-state index contributed by atoms with van der Waals surface area (Å²) in [5.41, 5.74) is 0. The smallest absolute Gasteiger partial charge is 0.310 e. The molecular weight excluding hydrogens is 789 g/mol. The van der Waals surface area contributed by atoms with Crippen molar-refractivity contribution in [1.29, 1.82) is 0 Å². The molecule has 0 N–H and O–H groups in total. The summed E-state index contributed by atoms with van der Waals surface area (Å²) in [5.74, 6) is -0.611. The van der Waals surface area contributed by atoms with Gasteiger partial charge in [0.1, 0.15) is 6.61 Å². The first-order valence-electron chi connectivity index (χ1n) is 25.0. The van der Waals surface area contributed by atoms with E-state index in [4.69, 9.17) is 14.2 Å². The Morgan fingerprint density at radius 3 is 1.12 bits per heavy atom. The van der Waals surface area contributed by atoms with Crippen molar-refractivity contribution >= 4 is 11.9 Å². The largest absolute Gasteiger partial charge is 0.462 e. The maximum absolute atomic E-state index is 12.7. The minimum Gasteiger partial charge on any atom is -0.462 e. The first-order valence-corrected chi connectivity index (χ1v) is 25.0. The Labute approximate surface area is 393 Å². The quantitative estimate of drug-likeness (QED) is 0.0347. The Kier molecular flexibility index (Phi) is 49.2. The molecule has 1 atom stereocenters. The van der Waals surface area contributed by atoms with Crippen molar-refractivity contribution in [3.8, 4) is 0 Å². The van der Waals surface area contributed by atoms with Crippen LogP contribution in [0.1, 0.15) is 175 Å². The molecule has 0 aliphatic carbocycles. The van der Waals surface area contributed by atoms with Gasteiger partial charge in [-0.25, -0.2) is 0 Å². The normalized spacial score (nSPS) is 13.6. The van der Waals surface area contributed by atoms with E-state index in [1.165, 1.54) is 25.7 Å². The van der Waals surface area contributed by atoms with Gasteiger partial charge in [0.2, 0.25) is 0 Å². The van der Waals surface area contributed by atoms with Gasteiger partial charge in [-0.15, -0.1) is 0 Å². The van der Waals surface area contributed by atoms with Crippen molar-refractivity contribution in [2.75, 3.05) is 19.8 Å². The number of unbranched alkanes of at least 4 members (excludes halogenated alkanes) is 7. The minimum absolute atomic E-state index is 0.00105. The number of hydrogen-bond donors (Lipinski definition) is 0. The van der Waals surface area contributed by atoms with Gasteiger partial charge in [-0.3, -0.25) is 9.59 Å². The molecular formula is C59H90O5. The maximum Gasteiger partial charge on any atom is 0.310 e. The van der Waals surface area contributed by atoms with Crippen molar-refractivity contribution in [3.05, 3.63) is 158 Å². The lowest BCUT2D eigenvalue weighted by molar-refractivity contribution is -0.162. The van der Waals surface area contributed by atoms with Gasteiger partial charge in [-0.05, 0) is 109 Å². The average molecular weight is 879 g/mol. The summed E-state index contributed by atoms with van der Waals surface area (Å²) in [7, 11) is 0. The van der Waals surface area contributed by atoms with Gasteiger partial charge in [-0.1, -0.05) is 211 Å². The molecule has 0 rings (SSSR count). The van der Waals surface area contributed by atoms with Gasteiger partial charge in [0.05, 0.1) is 19.6 Å². The number of hydrogen-bond acceptors (Lipinski definition) is 5. The highest BCUT2D eigenvalue weighted by Crippen LogP contribution is 2.11. The van der Waals surface area contributed by atoms with Gasteiger partial charge < -0.3 is 14.2 Å². The van der Waals surface area contributed by atoms with Crippen LogP contribution < -0.4 is 0 Å². The molecule has 0 aromatic rings. The van der Waals surface area contributed by atoms with Crippen LogP contribution in [-0.2, 0) is 23.8 Å². The molecule has 1 unspecified atom stereocenters. The topological polar surface area (TPSA) is 61.8 Å². The van der Waals surface area contributed by atoms with Crippen molar-refractivity contribution in [2.45, 2.75) is 181 Å². The van der Waals surface area contributed by atoms with Crippen LogP contribution in [0.3, 0.4) is 0 Å². The summed E-state index contributed by atoms with van der Waals surface area (Å²) < 4.78 is 17.2. The molecule has 0 spiro atoms. The molecule has 0 radical (unpaired) electrons. The van der Waals surface area contributed by atoms with E-state index in [1.54, 1.807) is 0 Å². The van der Waals surface area contributed by atoms with E-state index in [2.05, 4.69) is 167 Å². The lowest BCUT2D eigenvalue weighted by atomic mass is 10.1. The molecule has 356 valence electrons. The molecule has 0 amide bonds. The van der Waals surface area contributed by atoms with E-state index in [1.807, 2.05) is 12.2 Å². The van der Waals surface area contributed by atoms with Crippen LogP contribution in [0, 0.1) is 0 Å². The zero-order chi connectivity index (χ0) is 46.3. The number of ether oxygens (including phenoxy) is 3. The zero-order valence-electron chi connectivity index (χ0n) is 40.7. The third-order valence-corrected chi connectivity index (χ3v) is 9.59. The molecule has 0 heterocycles. The van der Waals surface area contributed by atoms with Crippen LogP contribution in [0.2, 0.25) is 0 Å². The van der Waals surface area contributed by atoms with Gasteiger partial charge in [0.25, 0.3) is 0 Å². The highest BCUT2D eigenvalue weighted by Gasteiger charge is 2.17. The van der Waals surface area contributed by atoms with Crippen molar-refractivity contribution < 1.29 is 23.8 Å². The third kappa shape index (κ3) is 50.2. The molecule has 0 fully saturated rings. The van der Waals surface area contributed by atoms with Gasteiger partial charge in [0.15, 0.2) is 6.10 Å². The second-order valence-corrected chi connectivity index (χ2v) is 15.6. The number of rotatable bonds is 43. The van der Waals surface area contributed by atoms with Crippen LogP contribution in [0.4, 0.5) is 0 Å². The van der Waals surface area contributed by atoms with E-state index in [0.717, 1.165) is 116 Å². The molecule has 0 aliphatic rings. The SMILES string of the molecule is CC/C=C\C/C=C\C/C=C\C/C=C\C/C=C\CCOCC(COC(=O)CCCCCCCCC/C=C\C/C=C\C/C=C\CC)OC(=O)C/C=C\C/C=C\C/C=C\C/C=C\C/C=C\CC. The Bertz CT molecular complexity index is 1460. The van der Waals surface area contributed by atoms with Crippen molar-refractivity contribution in [2.24, 2.45) is 0 Å². The summed E-state index contributed by atoms with van der Waals surface area (Å²) in [4.78, 5) is 25.3. The second-order valence-electron chi connectivity index (χ2n) is 15.6. The van der Waals surface area contributed by atoms with Crippen molar-refractivity contribution in [3.63, 3.8) is 0 Å². The van der Waals surface area contributed by atoms with Gasteiger partial charge in [-0.2, -0.15) is 0 Å². The molecule has 5 heteroatoms. The maximum atomic E-state index is 12.7. The van der Waals surface area contributed by atoms with E-state index >= 15 is 0 Å². The van der Waals surface area contributed by atoms with Gasteiger partial charge >= 0.3 is 11.9 Å². The fourth-order valence-electron chi connectivity index (χ4n) is 6.02. The van der Waals surface area contributed by atoms with Crippen LogP contribution in [-0.4, -0.2) is 37.9 Å². The number of carbonyl (C=O) groups excluding carboxylic acids is 2. The minimum atomic E-state index is -0.646. The van der Waals surface area contributed by atoms with Gasteiger partial charge in [0, 0.05) is 6.42 Å².